The SMILES string of the molecule is CC1CCCN(/C=C/C(=O)OCCOC(=O)/C=C/N2CCCCC2)C1. The highest BCUT2D eigenvalue weighted by atomic mass is 16.6. The van der Waals surface area contributed by atoms with Gasteiger partial charge in [-0.15, -0.1) is 0 Å². The summed E-state index contributed by atoms with van der Waals surface area (Å²) in [5.41, 5.74) is 0. The molecule has 0 radical (unpaired) electrons. The van der Waals surface area contributed by atoms with Crippen molar-refractivity contribution in [1.29, 1.82) is 0 Å². The topological polar surface area (TPSA) is 59.1 Å². The lowest BCUT2D eigenvalue weighted by atomic mass is 10.0. The summed E-state index contributed by atoms with van der Waals surface area (Å²) in [4.78, 5) is 27.5. The quantitative estimate of drug-likeness (QED) is 0.399. The van der Waals surface area contributed by atoms with Gasteiger partial charge in [-0.2, -0.15) is 0 Å². The standard InChI is InChI=1S/C19H30N2O4/c1-17-6-5-11-21(16-17)13-8-19(23)25-15-14-24-18(22)7-12-20-9-3-2-4-10-20/h7-8,12-13,17H,2-6,9-11,14-16H2,1H3/b12-7+,13-8+. The Labute approximate surface area is 150 Å². The third-order valence-corrected chi connectivity index (χ3v) is 4.49. The second kappa shape index (κ2) is 10.8. The Balaban J connectivity index is 1.54. The van der Waals surface area contributed by atoms with E-state index in [0.717, 1.165) is 32.6 Å². The minimum absolute atomic E-state index is 0.0723. The summed E-state index contributed by atoms with van der Waals surface area (Å²) >= 11 is 0. The van der Waals surface area contributed by atoms with Gasteiger partial charge in [0.15, 0.2) is 0 Å². The van der Waals surface area contributed by atoms with Crippen LogP contribution in [-0.2, 0) is 19.1 Å². The molecule has 0 aromatic heterocycles. The average Bonchev–Trinajstić information content (AvgIpc) is 2.63. The highest BCUT2D eigenvalue weighted by Crippen LogP contribution is 2.15. The smallest absolute Gasteiger partial charge is 0.332 e. The highest BCUT2D eigenvalue weighted by Gasteiger charge is 2.13. The molecule has 0 aromatic rings. The van der Waals surface area contributed by atoms with Crippen molar-refractivity contribution in [2.45, 2.75) is 39.0 Å². The molecule has 2 aliphatic heterocycles. The highest BCUT2D eigenvalue weighted by molar-refractivity contribution is 5.82. The van der Waals surface area contributed by atoms with E-state index in [2.05, 4.69) is 16.7 Å². The molecule has 0 bridgehead atoms. The first-order chi connectivity index (χ1) is 12.1. The minimum Gasteiger partial charge on any atom is -0.459 e. The van der Waals surface area contributed by atoms with Crippen molar-refractivity contribution in [3.8, 4) is 0 Å². The first-order valence-electron chi connectivity index (χ1n) is 9.31. The van der Waals surface area contributed by atoms with E-state index in [1.807, 2.05) is 0 Å². The van der Waals surface area contributed by atoms with E-state index in [4.69, 9.17) is 9.47 Å². The molecule has 1 atom stereocenters. The van der Waals surface area contributed by atoms with Gasteiger partial charge in [-0.05, 0) is 38.0 Å². The second-order valence-electron chi connectivity index (χ2n) is 6.81. The molecule has 0 saturated carbocycles. The molecule has 2 saturated heterocycles. The Morgan fingerprint density at radius 1 is 0.880 bits per heavy atom. The molecule has 140 valence electrons. The molecule has 6 heteroatoms. The lowest BCUT2D eigenvalue weighted by Gasteiger charge is -2.29. The lowest BCUT2D eigenvalue weighted by molar-refractivity contribution is -0.146. The van der Waals surface area contributed by atoms with Crippen LogP contribution in [0.5, 0.6) is 0 Å². The predicted molar refractivity (Wildman–Crippen MR) is 95.6 cm³/mol. The monoisotopic (exact) mass is 350 g/mol. The molecule has 0 amide bonds. The normalized spacial score (nSPS) is 21.7. The van der Waals surface area contributed by atoms with Gasteiger partial charge in [0.1, 0.15) is 13.2 Å². The molecule has 6 nitrogen and oxygen atoms in total. The molecular formula is C19H30N2O4. The maximum absolute atomic E-state index is 11.6. The summed E-state index contributed by atoms with van der Waals surface area (Å²) < 4.78 is 10.1. The van der Waals surface area contributed by atoms with Crippen LogP contribution in [-0.4, -0.2) is 61.1 Å². The largest absolute Gasteiger partial charge is 0.459 e. The molecule has 0 aliphatic carbocycles. The number of piperidine rings is 2. The van der Waals surface area contributed by atoms with Crippen molar-refractivity contribution in [3.63, 3.8) is 0 Å². The van der Waals surface area contributed by atoms with E-state index >= 15 is 0 Å². The first-order valence-corrected chi connectivity index (χ1v) is 9.31. The van der Waals surface area contributed by atoms with Crippen LogP contribution >= 0.6 is 0 Å². The zero-order chi connectivity index (χ0) is 17.9. The lowest BCUT2D eigenvalue weighted by Crippen LogP contribution is -2.30. The summed E-state index contributed by atoms with van der Waals surface area (Å²) in [6.07, 6.45) is 12.4. The Morgan fingerprint density at radius 2 is 1.44 bits per heavy atom. The Hall–Kier alpha value is -1.98. The van der Waals surface area contributed by atoms with E-state index < -0.39 is 11.9 Å². The number of hydrogen-bond acceptors (Lipinski definition) is 6. The zero-order valence-corrected chi connectivity index (χ0v) is 15.2. The van der Waals surface area contributed by atoms with Gasteiger partial charge in [0.05, 0.1) is 0 Å². The third kappa shape index (κ3) is 8.09. The number of carbonyl (C=O) groups is 2. The molecular weight excluding hydrogens is 320 g/mol. The van der Waals surface area contributed by atoms with Gasteiger partial charge < -0.3 is 19.3 Å². The number of hydrogen-bond donors (Lipinski definition) is 0. The molecule has 2 heterocycles. The van der Waals surface area contributed by atoms with Crippen LogP contribution in [0.25, 0.3) is 0 Å². The van der Waals surface area contributed by atoms with Crippen LogP contribution in [0.15, 0.2) is 24.6 Å². The zero-order valence-electron chi connectivity index (χ0n) is 15.2. The van der Waals surface area contributed by atoms with Crippen molar-refractivity contribution < 1.29 is 19.1 Å². The van der Waals surface area contributed by atoms with E-state index in [1.54, 1.807) is 12.4 Å². The number of carbonyl (C=O) groups excluding carboxylic acids is 2. The van der Waals surface area contributed by atoms with Crippen molar-refractivity contribution in [2.75, 3.05) is 39.4 Å². The summed E-state index contributed by atoms with van der Waals surface area (Å²) in [6.45, 7) is 6.30. The summed E-state index contributed by atoms with van der Waals surface area (Å²) in [6, 6.07) is 0. The van der Waals surface area contributed by atoms with E-state index in [0.29, 0.717) is 5.92 Å². The molecule has 0 spiro atoms. The summed E-state index contributed by atoms with van der Waals surface area (Å²) in [5, 5.41) is 0. The fourth-order valence-electron chi connectivity index (χ4n) is 3.14. The van der Waals surface area contributed by atoms with Gasteiger partial charge in [0, 0.05) is 50.7 Å². The summed E-state index contributed by atoms with van der Waals surface area (Å²) in [7, 11) is 0. The van der Waals surface area contributed by atoms with Gasteiger partial charge in [-0.3, -0.25) is 0 Å². The number of nitrogens with zero attached hydrogens (tertiary/aromatic N) is 2. The Morgan fingerprint density at radius 3 is 2.04 bits per heavy atom. The van der Waals surface area contributed by atoms with Crippen molar-refractivity contribution in [1.82, 2.24) is 9.80 Å². The maximum atomic E-state index is 11.6. The van der Waals surface area contributed by atoms with E-state index in [1.165, 1.54) is 37.8 Å². The first kappa shape index (κ1) is 19.3. The van der Waals surface area contributed by atoms with Crippen LogP contribution < -0.4 is 0 Å². The fourth-order valence-corrected chi connectivity index (χ4v) is 3.14. The van der Waals surface area contributed by atoms with Crippen molar-refractivity contribution in [2.24, 2.45) is 5.92 Å². The van der Waals surface area contributed by atoms with E-state index in [9.17, 15) is 9.59 Å². The predicted octanol–water partition coefficient (Wildman–Crippen LogP) is 2.32. The van der Waals surface area contributed by atoms with Crippen LogP contribution in [0.4, 0.5) is 0 Å². The van der Waals surface area contributed by atoms with E-state index in [-0.39, 0.29) is 13.2 Å². The van der Waals surface area contributed by atoms with Crippen molar-refractivity contribution in [3.05, 3.63) is 24.6 Å². The van der Waals surface area contributed by atoms with Crippen LogP contribution in [0.1, 0.15) is 39.0 Å². The molecule has 2 aliphatic rings. The summed E-state index contributed by atoms with van der Waals surface area (Å²) in [5.74, 6) is -0.149. The average molecular weight is 350 g/mol. The van der Waals surface area contributed by atoms with Crippen LogP contribution in [0.2, 0.25) is 0 Å². The number of rotatable bonds is 7. The number of ether oxygens (including phenoxy) is 2. The van der Waals surface area contributed by atoms with Gasteiger partial charge in [-0.25, -0.2) is 9.59 Å². The van der Waals surface area contributed by atoms with Gasteiger partial charge >= 0.3 is 11.9 Å². The molecule has 0 N–H and O–H groups in total. The molecule has 1 unspecified atom stereocenters. The molecule has 0 aromatic carbocycles. The van der Waals surface area contributed by atoms with Gasteiger partial charge in [0.25, 0.3) is 0 Å². The van der Waals surface area contributed by atoms with Crippen LogP contribution in [0, 0.1) is 5.92 Å². The fraction of sp³-hybridized carbons (Fsp3) is 0.684. The number of likely N-dealkylation sites (tertiary alicyclic amines) is 2. The second-order valence-corrected chi connectivity index (χ2v) is 6.81. The maximum Gasteiger partial charge on any atom is 0.332 e. The van der Waals surface area contributed by atoms with Crippen molar-refractivity contribution >= 4 is 11.9 Å². The van der Waals surface area contributed by atoms with Crippen LogP contribution in [0.3, 0.4) is 0 Å². The minimum atomic E-state index is -0.405. The molecule has 25 heavy (non-hydrogen) atoms. The molecule has 2 rings (SSSR count). The van der Waals surface area contributed by atoms with Gasteiger partial charge in [0.2, 0.25) is 0 Å². The molecule has 2 fully saturated rings. The Kier molecular flexibility index (Phi) is 8.35. The van der Waals surface area contributed by atoms with Gasteiger partial charge in [-0.1, -0.05) is 6.92 Å². The third-order valence-electron chi connectivity index (χ3n) is 4.49. The Bertz CT molecular complexity index is 484. The number of esters is 2.